The maximum atomic E-state index is 12.5. The highest BCUT2D eigenvalue weighted by Crippen LogP contribution is 2.35. The fourth-order valence-corrected chi connectivity index (χ4v) is 4.20. The van der Waals surface area contributed by atoms with Crippen LogP contribution in [0.1, 0.15) is 50.2 Å². The summed E-state index contributed by atoms with van der Waals surface area (Å²) in [6.45, 7) is 2.70. The molecule has 0 aromatic heterocycles. The third-order valence-corrected chi connectivity index (χ3v) is 6.17. The zero-order valence-electron chi connectivity index (χ0n) is 20.9. The van der Waals surface area contributed by atoms with Crippen molar-refractivity contribution in [3.63, 3.8) is 0 Å². The third-order valence-electron chi connectivity index (χ3n) is 6.17. The molecule has 0 radical (unpaired) electrons. The molecule has 0 bridgehead atoms. The summed E-state index contributed by atoms with van der Waals surface area (Å²) in [6, 6.07) is 22.3. The van der Waals surface area contributed by atoms with Crippen LogP contribution in [0.2, 0.25) is 0 Å². The number of methoxy groups -OCH3 is 1. The third kappa shape index (κ3) is 7.44. The molecule has 1 N–H and O–H groups in total. The largest absolute Gasteiger partial charge is 0.497 e. The van der Waals surface area contributed by atoms with Crippen molar-refractivity contribution in [3.05, 3.63) is 77.9 Å². The van der Waals surface area contributed by atoms with Crippen LogP contribution in [0.4, 0.5) is 0 Å². The molecule has 3 rings (SSSR count). The van der Waals surface area contributed by atoms with E-state index >= 15 is 0 Å². The molecule has 0 aliphatic heterocycles. The van der Waals surface area contributed by atoms with E-state index in [0.29, 0.717) is 19.4 Å². The lowest BCUT2D eigenvalue weighted by molar-refractivity contribution is -0.137. The van der Waals surface area contributed by atoms with Crippen molar-refractivity contribution >= 4 is 11.9 Å². The lowest BCUT2D eigenvalue weighted by atomic mass is 9.91. The molecule has 0 aliphatic carbocycles. The van der Waals surface area contributed by atoms with E-state index in [4.69, 9.17) is 9.84 Å². The summed E-state index contributed by atoms with van der Waals surface area (Å²) in [4.78, 5) is 25.4. The smallest absolute Gasteiger partial charge is 0.303 e. The number of aryl methyl sites for hydroxylation is 1. The molecule has 0 saturated carbocycles. The van der Waals surface area contributed by atoms with Crippen LogP contribution >= 0.6 is 0 Å². The summed E-state index contributed by atoms with van der Waals surface area (Å²) in [5.74, 6) is 0.128. The SMILES string of the molecule is CCCCCC(=O)N(C)Cc1cccc(-c2ccc(CCC(=O)O)cc2-c2cccc(OC)c2)c1. The van der Waals surface area contributed by atoms with Gasteiger partial charge in [-0.25, -0.2) is 0 Å². The van der Waals surface area contributed by atoms with Gasteiger partial charge in [0.15, 0.2) is 0 Å². The number of carboxylic acid groups (broad SMARTS) is 1. The number of rotatable bonds is 12. The molecule has 0 fully saturated rings. The van der Waals surface area contributed by atoms with Gasteiger partial charge in [0.1, 0.15) is 5.75 Å². The summed E-state index contributed by atoms with van der Waals surface area (Å²) >= 11 is 0. The van der Waals surface area contributed by atoms with Gasteiger partial charge in [-0.2, -0.15) is 0 Å². The van der Waals surface area contributed by atoms with E-state index in [0.717, 1.165) is 58.4 Å². The Labute approximate surface area is 208 Å². The Hall–Kier alpha value is -3.60. The Kier molecular flexibility index (Phi) is 9.47. The molecule has 5 nitrogen and oxygen atoms in total. The van der Waals surface area contributed by atoms with Gasteiger partial charge < -0.3 is 14.7 Å². The van der Waals surface area contributed by atoms with E-state index in [1.165, 1.54) is 0 Å². The first-order valence-electron chi connectivity index (χ1n) is 12.2. The molecule has 35 heavy (non-hydrogen) atoms. The van der Waals surface area contributed by atoms with Crippen LogP contribution in [0.5, 0.6) is 5.75 Å². The van der Waals surface area contributed by atoms with Crippen LogP contribution in [0.15, 0.2) is 66.7 Å². The molecule has 0 atom stereocenters. The monoisotopic (exact) mass is 473 g/mol. The second kappa shape index (κ2) is 12.7. The molecule has 0 aliphatic rings. The van der Waals surface area contributed by atoms with Gasteiger partial charge >= 0.3 is 5.97 Å². The van der Waals surface area contributed by atoms with Crippen molar-refractivity contribution < 1.29 is 19.4 Å². The van der Waals surface area contributed by atoms with Gasteiger partial charge in [0, 0.05) is 26.4 Å². The highest BCUT2D eigenvalue weighted by atomic mass is 16.5. The second-order valence-corrected chi connectivity index (χ2v) is 8.91. The topological polar surface area (TPSA) is 66.8 Å². The minimum absolute atomic E-state index is 0.0883. The number of ether oxygens (including phenoxy) is 1. The van der Waals surface area contributed by atoms with Gasteiger partial charge in [0.2, 0.25) is 5.91 Å². The van der Waals surface area contributed by atoms with E-state index in [1.54, 1.807) is 12.0 Å². The molecular weight excluding hydrogens is 438 g/mol. The highest BCUT2D eigenvalue weighted by Gasteiger charge is 2.13. The van der Waals surface area contributed by atoms with Crippen LogP contribution in [-0.2, 0) is 22.6 Å². The van der Waals surface area contributed by atoms with E-state index in [1.807, 2.05) is 49.5 Å². The van der Waals surface area contributed by atoms with Gasteiger partial charge in [0.05, 0.1) is 7.11 Å². The maximum Gasteiger partial charge on any atom is 0.303 e. The number of carboxylic acids is 1. The van der Waals surface area contributed by atoms with E-state index in [2.05, 4.69) is 31.2 Å². The predicted molar refractivity (Wildman–Crippen MR) is 140 cm³/mol. The number of hydrogen-bond donors (Lipinski definition) is 1. The molecular formula is C30H35NO4. The maximum absolute atomic E-state index is 12.5. The van der Waals surface area contributed by atoms with Crippen LogP contribution in [-0.4, -0.2) is 36.0 Å². The van der Waals surface area contributed by atoms with Gasteiger partial charge in [-0.3, -0.25) is 9.59 Å². The number of carbonyl (C=O) groups excluding carboxylic acids is 1. The number of carbonyl (C=O) groups is 2. The Morgan fingerprint density at radius 3 is 2.31 bits per heavy atom. The summed E-state index contributed by atoms with van der Waals surface area (Å²) in [7, 11) is 3.51. The normalized spacial score (nSPS) is 10.7. The molecule has 0 saturated heterocycles. The average Bonchev–Trinajstić information content (AvgIpc) is 2.87. The summed E-state index contributed by atoms with van der Waals surface area (Å²) in [6.07, 6.45) is 4.25. The van der Waals surface area contributed by atoms with Crippen molar-refractivity contribution in [2.45, 2.75) is 52.0 Å². The molecule has 0 heterocycles. The van der Waals surface area contributed by atoms with Gasteiger partial charge in [-0.15, -0.1) is 0 Å². The standard InChI is InChI=1S/C30H35NO4/c1-4-5-6-13-29(32)31(2)21-23-9-7-10-24(18-23)27-16-14-22(15-17-30(33)34)19-28(27)25-11-8-12-26(20-25)35-3/h7-12,14,16,18-20H,4-6,13,15,17,21H2,1-3H3,(H,33,34). The summed E-state index contributed by atoms with van der Waals surface area (Å²) < 4.78 is 5.44. The van der Waals surface area contributed by atoms with Crippen LogP contribution < -0.4 is 4.74 Å². The minimum atomic E-state index is -0.807. The van der Waals surface area contributed by atoms with Crippen molar-refractivity contribution in [3.8, 4) is 28.0 Å². The van der Waals surface area contributed by atoms with E-state index in [9.17, 15) is 9.59 Å². The minimum Gasteiger partial charge on any atom is -0.497 e. The fraction of sp³-hybridized carbons (Fsp3) is 0.333. The summed E-state index contributed by atoms with van der Waals surface area (Å²) in [5.41, 5.74) is 6.18. The highest BCUT2D eigenvalue weighted by molar-refractivity contribution is 5.85. The van der Waals surface area contributed by atoms with Crippen molar-refractivity contribution in [2.24, 2.45) is 0 Å². The van der Waals surface area contributed by atoms with E-state index in [-0.39, 0.29) is 12.3 Å². The average molecular weight is 474 g/mol. The molecule has 0 unspecified atom stereocenters. The quantitative estimate of drug-likeness (QED) is 0.302. The first-order chi connectivity index (χ1) is 16.9. The van der Waals surface area contributed by atoms with Gasteiger partial charge in [-0.1, -0.05) is 68.3 Å². The molecule has 0 spiro atoms. The first kappa shape index (κ1) is 26.0. The number of nitrogens with zero attached hydrogens (tertiary/aromatic N) is 1. The van der Waals surface area contributed by atoms with Crippen molar-refractivity contribution in [1.29, 1.82) is 0 Å². The number of benzene rings is 3. The molecule has 3 aromatic rings. The van der Waals surface area contributed by atoms with Crippen molar-refractivity contribution in [2.75, 3.05) is 14.2 Å². The lowest BCUT2D eigenvalue weighted by Crippen LogP contribution is -2.25. The van der Waals surface area contributed by atoms with Crippen molar-refractivity contribution in [1.82, 2.24) is 4.90 Å². The Morgan fingerprint density at radius 1 is 0.857 bits per heavy atom. The Morgan fingerprint density at radius 2 is 1.60 bits per heavy atom. The van der Waals surface area contributed by atoms with Gasteiger partial charge in [0.25, 0.3) is 0 Å². The zero-order chi connectivity index (χ0) is 25.2. The van der Waals surface area contributed by atoms with Gasteiger partial charge in [-0.05, 0) is 64.4 Å². The van der Waals surface area contributed by atoms with Crippen LogP contribution in [0, 0.1) is 0 Å². The van der Waals surface area contributed by atoms with Crippen LogP contribution in [0.25, 0.3) is 22.3 Å². The fourth-order valence-electron chi connectivity index (χ4n) is 4.20. The molecule has 184 valence electrons. The number of unbranched alkanes of at least 4 members (excludes halogenated alkanes) is 2. The van der Waals surface area contributed by atoms with Crippen LogP contribution in [0.3, 0.4) is 0 Å². The van der Waals surface area contributed by atoms with E-state index < -0.39 is 5.97 Å². The predicted octanol–water partition coefficient (Wildman–Crippen LogP) is 6.59. The zero-order valence-corrected chi connectivity index (χ0v) is 20.9. The number of hydrogen-bond acceptors (Lipinski definition) is 3. The summed E-state index contributed by atoms with van der Waals surface area (Å²) in [5, 5.41) is 9.12. The molecule has 1 amide bonds. The molecule has 5 heteroatoms. The second-order valence-electron chi connectivity index (χ2n) is 8.91. The Bertz CT molecular complexity index is 1150. The lowest BCUT2D eigenvalue weighted by Gasteiger charge is -2.19. The molecule has 3 aromatic carbocycles. The number of aliphatic carboxylic acids is 1. The Balaban J connectivity index is 1.93. The number of amides is 1. The first-order valence-corrected chi connectivity index (χ1v) is 12.2.